The first-order chi connectivity index (χ1) is 15.5. The molecule has 2 aromatic rings. The molecule has 1 fully saturated rings. The summed E-state index contributed by atoms with van der Waals surface area (Å²) in [5.74, 6) is 3.30. The van der Waals surface area contributed by atoms with Gasteiger partial charge in [-0.2, -0.15) is 0 Å². The van der Waals surface area contributed by atoms with Crippen LogP contribution in [-0.4, -0.2) is 43.0 Å². The number of para-hydroxylation sites is 1. The molecule has 32 heavy (non-hydrogen) atoms. The summed E-state index contributed by atoms with van der Waals surface area (Å²) in [6.07, 6.45) is 1.91. The summed E-state index contributed by atoms with van der Waals surface area (Å²) in [5, 5.41) is 4.39. The molecule has 4 rings (SSSR count). The molecule has 1 saturated heterocycles. The van der Waals surface area contributed by atoms with E-state index in [-0.39, 0.29) is 11.5 Å². The van der Waals surface area contributed by atoms with Crippen LogP contribution < -0.4 is 10.1 Å². The Morgan fingerprint density at radius 1 is 1.22 bits per heavy atom. The van der Waals surface area contributed by atoms with Gasteiger partial charge in [0.25, 0.3) is 0 Å². The zero-order valence-electron chi connectivity index (χ0n) is 19.2. The fourth-order valence-corrected chi connectivity index (χ4v) is 5.07. The van der Waals surface area contributed by atoms with Gasteiger partial charge >= 0.3 is 0 Å². The summed E-state index contributed by atoms with van der Waals surface area (Å²) in [4.78, 5) is 7.43. The Labute approximate surface area is 196 Å². The van der Waals surface area contributed by atoms with Crippen LogP contribution in [-0.2, 0) is 4.74 Å². The largest absolute Gasteiger partial charge is 0.498 e. The quantitative estimate of drug-likeness (QED) is 0.532. The summed E-state index contributed by atoms with van der Waals surface area (Å²) >= 11 is 6.29. The predicted molar refractivity (Wildman–Crippen MR) is 131 cm³/mol. The standard InChI is InChI=1S/C26H32ClN3O2/c1-5-26(6-2,18(4)31-7-3)24-17-30(15-14-28-24)25-20-10-8-9-11-22(20)32-23-13-12-19(27)16-21(23)29-25/h8-13,16,24,28H,4-7,14-15,17H2,1-3H3. The van der Waals surface area contributed by atoms with E-state index in [1.54, 1.807) is 0 Å². The minimum absolute atomic E-state index is 0.142. The van der Waals surface area contributed by atoms with E-state index in [0.717, 1.165) is 61.1 Å². The molecule has 0 spiro atoms. The van der Waals surface area contributed by atoms with E-state index in [1.165, 1.54) is 0 Å². The molecule has 6 heteroatoms. The van der Waals surface area contributed by atoms with Crippen molar-refractivity contribution in [1.29, 1.82) is 0 Å². The number of halogens is 1. The van der Waals surface area contributed by atoms with Crippen molar-refractivity contribution >= 4 is 23.1 Å². The number of aliphatic imine (C=N–C) groups is 1. The van der Waals surface area contributed by atoms with Crippen LogP contribution in [0.4, 0.5) is 5.69 Å². The first-order valence-corrected chi connectivity index (χ1v) is 11.9. The van der Waals surface area contributed by atoms with E-state index in [0.29, 0.717) is 17.4 Å². The number of hydrogen-bond donors (Lipinski definition) is 1. The molecule has 0 saturated carbocycles. The second kappa shape index (κ2) is 9.55. The lowest BCUT2D eigenvalue weighted by molar-refractivity contribution is 0.0731. The van der Waals surface area contributed by atoms with Crippen LogP contribution >= 0.6 is 11.6 Å². The lowest BCUT2D eigenvalue weighted by Gasteiger charge is -2.46. The van der Waals surface area contributed by atoms with Crippen molar-refractivity contribution in [3.05, 3.63) is 65.4 Å². The molecule has 1 atom stereocenters. The van der Waals surface area contributed by atoms with Crippen molar-refractivity contribution in [1.82, 2.24) is 10.2 Å². The molecule has 0 bridgehead atoms. The Bertz CT molecular complexity index is 1020. The number of rotatable bonds is 6. The lowest BCUT2D eigenvalue weighted by atomic mass is 9.73. The van der Waals surface area contributed by atoms with Crippen LogP contribution in [0.15, 0.2) is 59.8 Å². The average molecular weight is 454 g/mol. The van der Waals surface area contributed by atoms with E-state index in [9.17, 15) is 0 Å². The van der Waals surface area contributed by atoms with Gasteiger partial charge in [0.15, 0.2) is 5.75 Å². The molecule has 0 amide bonds. The molecule has 5 nitrogen and oxygen atoms in total. The first kappa shape index (κ1) is 22.7. The Morgan fingerprint density at radius 2 is 2.00 bits per heavy atom. The van der Waals surface area contributed by atoms with E-state index >= 15 is 0 Å². The maximum atomic E-state index is 6.29. The molecule has 2 aliphatic rings. The molecule has 1 unspecified atom stereocenters. The molecule has 2 aromatic carbocycles. The summed E-state index contributed by atoms with van der Waals surface area (Å²) < 4.78 is 12.2. The molecule has 0 aliphatic carbocycles. The van der Waals surface area contributed by atoms with Crippen molar-refractivity contribution < 1.29 is 9.47 Å². The molecule has 0 radical (unpaired) electrons. The van der Waals surface area contributed by atoms with Crippen LogP contribution in [0.5, 0.6) is 11.5 Å². The van der Waals surface area contributed by atoms with Gasteiger partial charge in [-0.05, 0) is 50.1 Å². The third kappa shape index (κ3) is 4.12. The van der Waals surface area contributed by atoms with E-state index in [2.05, 4.69) is 36.7 Å². The monoisotopic (exact) mass is 453 g/mol. The van der Waals surface area contributed by atoms with Crippen LogP contribution in [0.1, 0.15) is 39.2 Å². The minimum atomic E-state index is -0.142. The van der Waals surface area contributed by atoms with Gasteiger partial charge < -0.3 is 19.7 Å². The van der Waals surface area contributed by atoms with Gasteiger partial charge in [0.2, 0.25) is 0 Å². The van der Waals surface area contributed by atoms with E-state index < -0.39 is 0 Å². The number of nitrogens with zero attached hydrogens (tertiary/aromatic N) is 2. The Kier molecular flexibility index (Phi) is 6.77. The van der Waals surface area contributed by atoms with Gasteiger partial charge in [-0.15, -0.1) is 0 Å². The van der Waals surface area contributed by atoms with Crippen molar-refractivity contribution in [3.63, 3.8) is 0 Å². The van der Waals surface area contributed by atoms with Gasteiger partial charge in [0.1, 0.15) is 17.3 Å². The van der Waals surface area contributed by atoms with Crippen LogP contribution in [0.3, 0.4) is 0 Å². The molecule has 170 valence electrons. The zero-order valence-corrected chi connectivity index (χ0v) is 19.9. The number of amidine groups is 1. The number of piperazine rings is 1. The van der Waals surface area contributed by atoms with Crippen molar-refractivity contribution in [2.24, 2.45) is 10.4 Å². The normalized spacial score (nSPS) is 18.1. The molecule has 2 aliphatic heterocycles. The topological polar surface area (TPSA) is 46.1 Å². The summed E-state index contributed by atoms with van der Waals surface area (Å²) in [7, 11) is 0. The highest BCUT2D eigenvalue weighted by Gasteiger charge is 2.42. The van der Waals surface area contributed by atoms with E-state index in [4.69, 9.17) is 26.1 Å². The number of fused-ring (bicyclic) bond motifs is 2. The Balaban J connectivity index is 1.74. The molecule has 2 heterocycles. The third-order valence-corrected chi connectivity index (χ3v) is 7.01. The van der Waals surface area contributed by atoms with Crippen LogP contribution in [0.25, 0.3) is 0 Å². The Morgan fingerprint density at radius 3 is 2.75 bits per heavy atom. The molecule has 1 N–H and O–H groups in total. The van der Waals surface area contributed by atoms with Gasteiger partial charge in [-0.1, -0.05) is 44.2 Å². The fourth-order valence-electron chi connectivity index (χ4n) is 4.90. The average Bonchev–Trinajstić information content (AvgIpc) is 2.97. The molecular formula is C26H32ClN3O2. The highest BCUT2D eigenvalue weighted by molar-refractivity contribution is 6.31. The van der Waals surface area contributed by atoms with Gasteiger partial charge in [0, 0.05) is 36.1 Å². The number of ether oxygens (including phenoxy) is 2. The van der Waals surface area contributed by atoms with Crippen LogP contribution in [0.2, 0.25) is 5.02 Å². The van der Waals surface area contributed by atoms with Crippen molar-refractivity contribution in [2.75, 3.05) is 26.2 Å². The third-order valence-electron chi connectivity index (χ3n) is 6.77. The number of hydrogen-bond acceptors (Lipinski definition) is 5. The summed E-state index contributed by atoms with van der Waals surface area (Å²) in [6.45, 7) is 13.9. The second-order valence-corrected chi connectivity index (χ2v) is 8.75. The summed E-state index contributed by atoms with van der Waals surface area (Å²) in [6, 6.07) is 13.9. The van der Waals surface area contributed by atoms with Crippen molar-refractivity contribution in [3.8, 4) is 11.5 Å². The highest BCUT2D eigenvalue weighted by atomic mass is 35.5. The lowest BCUT2D eigenvalue weighted by Crippen LogP contribution is -2.59. The summed E-state index contributed by atoms with van der Waals surface area (Å²) in [5.41, 5.74) is 1.59. The van der Waals surface area contributed by atoms with Gasteiger partial charge in [0.05, 0.1) is 17.9 Å². The minimum Gasteiger partial charge on any atom is -0.498 e. The predicted octanol–water partition coefficient (Wildman–Crippen LogP) is 6.15. The smallest absolute Gasteiger partial charge is 0.153 e. The van der Waals surface area contributed by atoms with Crippen LogP contribution in [0, 0.1) is 5.41 Å². The highest BCUT2D eigenvalue weighted by Crippen LogP contribution is 2.42. The number of nitrogens with one attached hydrogen (secondary N) is 1. The first-order valence-electron chi connectivity index (χ1n) is 11.5. The van der Waals surface area contributed by atoms with Gasteiger partial charge in [-0.25, -0.2) is 4.99 Å². The SMILES string of the molecule is C=C(OCC)C(CC)(CC)C1CN(C2=Nc3cc(Cl)ccc3Oc3ccccc32)CCN1. The second-order valence-electron chi connectivity index (χ2n) is 8.32. The number of benzene rings is 2. The maximum Gasteiger partial charge on any atom is 0.153 e. The van der Waals surface area contributed by atoms with E-state index in [1.807, 2.05) is 43.3 Å². The maximum absolute atomic E-state index is 6.29. The van der Waals surface area contributed by atoms with Crippen molar-refractivity contribution in [2.45, 2.75) is 39.7 Å². The Hall–Kier alpha value is -2.50. The fraction of sp³-hybridized carbons (Fsp3) is 0.423. The molecular weight excluding hydrogens is 422 g/mol. The molecule has 0 aromatic heterocycles. The zero-order chi connectivity index (χ0) is 22.7. The van der Waals surface area contributed by atoms with Gasteiger partial charge in [-0.3, -0.25) is 0 Å².